The van der Waals surface area contributed by atoms with Crippen molar-refractivity contribution in [2.75, 3.05) is 0 Å². The molecule has 112 valence electrons. The molecule has 1 aliphatic carbocycles. The van der Waals surface area contributed by atoms with Crippen LogP contribution >= 0.6 is 11.6 Å². The number of aromatic nitrogens is 1. The van der Waals surface area contributed by atoms with Crippen LogP contribution in [-0.4, -0.2) is 22.3 Å². The number of pyridine rings is 1. The number of benzene rings is 1. The van der Waals surface area contributed by atoms with E-state index in [0.717, 1.165) is 29.9 Å². The first kappa shape index (κ1) is 17.1. The Kier molecular flexibility index (Phi) is 6.82. The summed E-state index contributed by atoms with van der Waals surface area (Å²) in [6, 6.07) is 5.25. The third-order valence-electron chi connectivity index (χ3n) is 2.79. The number of aliphatic carboxylic acids is 1. The van der Waals surface area contributed by atoms with Crippen molar-refractivity contribution < 1.29 is 14.7 Å². The maximum atomic E-state index is 10.5. The molecule has 1 fully saturated rings. The molecule has 1 N–H and O–H groups in total. The van der Waals surface area contributed by atoms with E-state index in [1.807, 2.05) is 19.9 Å². The zero-order valence-electron chi connectivity index (χ0n) is 12.0. The number of carbonyl (C=O) groups is 2. The smallest absolute Gasteiger partial charge is 0.306 e. The van der Waals surface area contributed by atoms with Crippen molar-refractivity contribution in [1.82, 2.24) is 4.98 Å². The van der Waals surface area contributed by atoms with Crippen LogP contribution in [-0.2, 0) is 4.79 Å². The number of carboxylic acids is 1. The summed E-state index contributed by atoms with van der Waals surface area (Å²) in [5, 5.41) is 10.4. The highest BCUT2D eigenvalue weighted by atomic mass is 35.5. The van der Waals surface area contributed by atoms with Gasteiger partial charge in [0.25, 0.3) is 0 Å². The van der Waals surface area contributed by atoms with Crippen LogP contribution in [0.2, 0.25) is 5.02 Å². The molecule has 1 aliphatic rings. The number of halogens is 1. The Balaban J connectivity index is 0.000000231. The minimum atomic E-state index is -0.630. The van der Waals surface area contributed by atoms with Crippen molar-refractivity contribution in [3.05, 3.63) is 41.2 Å². The van der Waals surface area contributed by atoms with Crippen LogP contribution < -0.4 is 0 Å². The molecule has 0 atom stereocenters. The van der Waals surface area contributed by atoms with Crippen LogP contribution in [0.5, 0.6) is 0 Å². The van der Waals surface area contributed by atoms with E-state index in [2.05, 4.69) is 4.98 Å². The largest absolute Gasteiger partial charge is 0.481 e. The molecule has 0 radical (unpaired) electrons. The number of aldehydes is 1. The Morgan fingerprint density at radius 1 is 1.38 bits per heavy atom. The van der Waals surface area contributed by atoms with Crippen LogP contribution in [0.1, 0.15) is 37.0 Å². The van der Waals surface area contributed by atoms with Gasteiger partial charge in [-0.05, 0) is 36.4 Å². The molecule has 3 rings (SSSR count). The van der Waals surface area contributed by atoms with Gasteiger partial charge in [-0.2, -0.15) is 0 Å². The second-order valence-corrected chi connectivity index (χ2v) is 4.74. The summed E-state index contributed by atoms with van der Waals surface area (Å²) in [7, 11) is 0. The number of carboxylic acid groups (broad SMARTS) is 1. The summed E-state index contributed by atoms with van der Waals surface area (Å²) < 4.78 is 0. The molecule has 2 aromatic rings. The third-order valence-corrected chi connectivity index (χ3v) is 3.10. The van der Waals surface area contributed by atoms with Crippen LogP contribution in [0.4, 0.5) is 0 Å². The van der Waals surface area contributed by atoms with Crippen LogP contribution in [0, 0.1) is 5.92 Å². The molecule has 1 aromatic carbocycles. The zero-order valence-corrected chi connectivity index (χ0v) is 12.8. The van der Waals surface area contributed by atoms with E-state index in [9.17, 15) is 9.59 Å². The highest BCUT2D eigenvalue weighted by Gasteiger charge is 2.28. The number of rotatable bonds is 2. The molecule has 1 saturated carbocycles. The van der Waals surface area contributed by atoms with Crippen molar-refractivity contribution in [3.8, 4) is 0 Å². The fourth-order valence-electron chi connectivity index (χ4n) is 1.57. The summed E-state index contributed by atoms with van der Waals surface area (Å²) in [5.74, 6) is -0.611. The van der Waals surface area contributed by atoms with E-state index < -0.39 is 5.97 Å². The first-order valence-electron chi connectivity index (χ1n) is 6.83. The molecule has 4 nitrogen and oxygen atoms in total. The highest BCUT2D eigenvalue weighted by molar-refractivity contribution is 6.35. The fraction of sp³-hybridized carbons (Fsp3) is 0.312. The standard InChI is InChI=1S/C10H6ClNO.C4H6O2.C2H6/c11-10-4-7(6-13)3-8-1-2-12-5-9(8)10;5-4(6)3-1-2-3;1-2/h1-6H;3H,1-2H2,(H,5,6);1-2H3. The Labute approximate surface area is 128 Å². The number of nitrogens with zero attached hydrogens (tertiary/aromatic N) is 1. The minimum absolute atomic E-state index is 0.0185. The van der Waals surface area contributed by atoms with Crippen LogP contribution in [0.25, 0.3) is 10.8 Å². The second kappa shape index (κ2) is 8.37. The summed E-state index contributed by atoms with van der Waals surface area (Å²) in [6.07, 6.45) is 5.94. The summed E-state index contributed by atoms with van der Waals surface area (Å²) in [6.45, 7) is 4.00. The van der Waals surface area contributed by atoms with Crippen molar-refractivity contribution in [2.24, 2.45) is 5.92 Å². The first-order chi connectivity index (χ1) is 10.1. The maximum absolute atomic E-state index is 10.5. The first-order valence-corrected chi connectivity index (χ1v) is 7.21. The van der Waals surface area contributed by atoms with E-state index in [0.29, 0.717) is 10.6 Å². The van der Waals surface area contributed by atoms with Gasteiger partial charge >= 0.3 is 5.97 Å². The lowest BCUT2D eigenvalue weighted by molar-refractivity contribution is -0.138. The number of fused-ring (bicyclic) bond motifs is 1. The molecule has 0 saturated heterocycles. The molecule has 5 heteroatoms. The van der Waals surface area contributed by atoms with Gasteiger partial charge in [0.05, 0.1) is 10.9 Å². The Morgan fingerprint density at radius 3 is 2.52 bits per heavy atom. The van der Waals surface area contributed by atoms with Gasteiger partial charge in [0.2, 0.25) is 0 Å². The maximum Gasteiger partial charge on any atom is 0.306 e. The average Bonchev–Trinajstić information content (AvgIpc) is 3.35. The zero-order chi connectivity index (χ0) is 15.8. The molecule has 0 aliphatic heterocycles. The summed E-state index contributed by atoms with van der Waals surface area (Å²) >= 11 is 5.94. The van der Waals surface area contributed by atoms with Crippen LogP contribution in [0.3, 0.4) is 0 Å². The van der Waals surface area contributed by atoms with Crippen molar-refractivity contribution in [1.29, 1.82) is 0 Å². The van der Waals surface area contributed by atoms with Gasteiger partial charge in [-0.3, -0.25) is 14.6 Å². The van der Waals surface area contributed by atoms with E-state index in [4.69, 9.17) is 16.7 Å². The molecular formula is C16H18ClNO3. The van der Waals surface area contributed by atoms with Crippen molar-refractivity contribution in [3.63, 3.8) is 0 Å². The quantitative estimate of drug-likeness (QED) is 0.844. The number of carbonyl (C=O) groups excluding carboxylic acids is 1. The van der Waals surface area contributed by atoms with Gasteiger partial charge in [-0.25, -0.2) is 0 Å². The van der Waals surface area contributed by atoms with Gasteiger partial charge in [0.15, 0.2) is 0 Å². The molecule has 0 bridgehead atoms. The molecule has 0 spiro atoms. The molecule has 21 heavy (non-hydrogen) atoms. The lowest BCUT2D eigenvalue weighted by atomic mass is 10.1. The third kappa shape index (κ3) is 5.16. The van der Waals surface area contributed by atoms with Crippen LogP contribution in [0.15, 0.2) is 30.6 Å². The number of hydrogen-bond acceptors (Lipinski definition) is 3. The van der Waals surface area contributed by atoms with Crippen molar-refractivity contribution in [2.45, 2.75) is 26.7 Å². The van der Waals surface area contributed by atoms with E-state index in [-0.39, 0.29) is 5.92 Å². The van der Waals surface area contributed by atoms with Gasteiger partial charge in [-0.1, -0.05) is 25.4 Å². The minimum Gasteiger partial charge on any atom is -0.481 e. The van der Waals surface area contributed by atoms with E-state index in [1.165, 1.54) is 0 Å². The lowest BCUT2D eigenvalue weighted by Gasteiger charge is -1.99. The monoisotopic (exact) mass is 307 g/mol. The predicted octanol–water partition coefficient (Wildman–Crippen LogP) is 4.21. The lowest BCUT2D eigenvalue weighted by Crippen LogP contribution is -1.94. The van der Waals surface area contributed by atoms with Gasteiger partial charge in [0, 0.05) is 23.3 Å². The Bertz CT molecular complexity index is 624. The topological polar surface area (TPSA) is 67.3 Å². The SMILES string of the molecule is CC.O=C(O)C1CC1.O=Cc1cc(Cl)c2cnccc2c1. The second-order valence-electron chi connectivity index (χ2n) is 4.33. The molecule has 1 aromatic heterocycles. The highest BCUT2D eigenvalue weighted by Crippen LogP contribution is 2.28. The van der Waals surface area contributed by atoms with Gasteiger partial charge < -0.3 is 5.11 Å². The van der Waals surface area contributed by atoms with E-state index >= 15 is 0 Å². The normalized spacial score (nSPS) is 12.5. The van der Waals surface area contributed by atoms with E-state index in [1.54, 1.807) is 24.5 Å². The molecule has 0 unspecified atom stereocenters. The fourth-order valence-corrected chi connectivity index (χ4v) is 1.86. The van der Waals surface area contributed by atoms with Crippen molar-refractivity contribution >= 4 is 34.6 Å². The molecule has 1 heterocycles. The summed E-state index contributed by atoms with van der Waals surface area (Å²) in [5.41, 5.74) is 0.587. The Hall–Kier alpha value is -1.94. The average molecular weight is 308 g/mol. The Morgan fingerprint density at radius 2 is 2.05 bits per heavy atom. The van der Waals surface area contributed by atoms with Gasteiger partial charge in [-0.15, -0.1) is 0 Å². The number of hydrogen-bond donors (Lipinski definition) is 1. The molecular weight excluding hydrogens is 290 g/mol. The molecule has 0 amide bonds. The predicted molar refractivity (Wildman–Crippen MR) is 83.8 cm³/mol. The summed E-state index contributed by atoms with van der Waals surface area (Å²) in [4.78, 5) is 24.2. The van der Waals surface area contributed by atoms with Gasteiger partial charge in [0.1, 0.15) is 6.29 Å².